The molecule has 0 saturated carbocycles. The van der Waals surface area contributed by atoms with Crippen molar-refractivity contribution in [2.24, 2.45) is 0 Å². The summed E-state index contributed by atoms with van der Waals surface area (Å²) in [6.45, 7) is 0. The van der Waals surface area contributed by atoms with Crippen molar-refractivity contribution in [3.8, 4) is 17.1 Å². The summed E-state index contributed by atoms with van der Waals surface area (Å²) in [6.07, 6.45) is 0. The van der Waals surface area contributed by atoms with E-state index < -0.39 is 8.07 Å². The molecule has 10 aromatic carbocycles. The third-order valence-corrected chi connectivity index (χ3v) is 18.4. The van der Waals surface area contributed by atoms with Crippen molar-refractivity contribution < 1.29 is 0 Å². The predicted octanol–water partition coefficient (Wildman–Crippen LogP) is 12.4. The number of fused-ring (bicyclic) bond motifs is 9. The first-order chi connectivity index (χ1) is 31.8. The van der Waals surface area contributed by atoms with Crippen LogP contribution in [-0.4, -0.2) is 21.8 Å². The Bertz CT molecular complexity index is 3730. The summed E-state index contributed by atoms with van der Waals surface area (Å²) in [5, 5.41) is 12.9. The monoisotopic (exact) mass is 831 g/mol. The molecule has 13 aromatic rings. The van der Waals surface area contributed by atoms with Gasteiger partial charge < -0.3 is 13.7 Å². The molecule has 0 aliphatic rings. The third kappa shape index (κ3) is 5.15. The molecule has 0 unspecified atom stereocenters. The van der Waals surface area contributed by atoms with E-state index in [9.17, 15) is 0 Å². The van der Waals surface area contributed by atoms with Crippen molar-refractivity contribution >= 4 is 94.2 Å². The van der Waals surface area contributed by atoms with E-state index in [2.05, 4.69) is 262 Å². The van der Waals surface area contributed by atoms with E-state index in [4.69, 9.17) is 0 Å². The fourth-order valence-electron chi connectivity index (χ4n) is 11.1. The van der Waals surface area contributed by atoms with Crippen molar-refractivity contribution in [1.82, 2.24) is 13.7 Å². The molecule has 300 valence electrons. The molecule has 13 rings (SSSR count). The van der Waals surface area contributed by atoms with E-state index in [1.165, 1.54) is 86.2 Å². The molecule has 0 amide bonds. The third-order valence-electron chi connectivity index (χ3n) is 13.6. The fourth-order valence-corrected chi connectivity index (χ4v) is 16.1. The van der Waals surface area contributed by atoms with Gasteiger partial charge in [0, 0.05) is 38.0 Å². The predicted molar refractivity (Wildman–Crippen MR) is 273 cm³/mol. The van der Waals surface area contributed by atoms with Crippen LogP contribution in [-0.2, 0) is 0 Å². The van der Waals surface area contributed by atoms with E-state index >= 15 is 0 Å². The number of aromatic nitrogens is 3. The molecule has 3 aromatic heterocycles. The Morgan fingerprint density at radius 3 is 1.17 bits per heavy atom. The molecule has 3 heterocycles. The molecule has 0 aliphatic carbocycles. The highest BCUT2D eigenvalue weighted by molar-refractivity contribution is 7.20. The first-order valence-electron chi connectivity index (χ1n) is 22.1. The highest BCUT2D eigenvalue weighted by Crippen LogP contribution is 2.43. The summed E-state index contributed by atoms with van der Waals surface area (Å²) in [7, 11) is -3.01. The summed E-state index contributed by atoms with van der Waals surface area (Å²) in [5.74, 6) is 0. The standard InChI is InChI=1S/C60H41N3Si/c1-5-22-42(23-6-1)61-51-35-16-15-32-48(51)49-33-19-40-56(59(49)61)63-54-38-21-41-57(64(43-24-7-2-8-25-43,44-26-9-3-10-27-44)45-28-11-4-12-29-45)58(54)50-34-20-39-55(60(50)63)62-52-36-17-13-30-46(52)47-31-14-18-37-53(47)62/h1-41H. The second-order valence-corrected chi connectivity index (χ2v) is 20.6. The summed E-state index contributed by atoms with van der Waals surface area (Å²) < 4.78 is 7.58. The summed E-state index contributed by atoms with van der Waals surface area (Å²) in [4.78, 5) is 0. The molecule has 4 heteroatoms. The van der Waals surface area contributed by atoms with Crippen molar-refractivity contribution in [2.75, 3.05) is 0 Å². The highest BCUT2D eigenvalue weighted by atomic mass is 28.3. The Kier molecular flexibility index (Phi) is 8.23. The molecular weight excluding hydrogens is 791 g/mol. The van der Waals surface area contributed by atoms with E-state index in [-0.39, 0.29) is 0 Å². The van der Waals surface area contributed by atoms with E-state index in [1.807, 2.05) is 0 Å². The van der Waals surface area contributed by atoms with Crippen LogP contribution in [0.5, 0.6) is 0 Å². The SMILES string of the molecule is c1ccc(-n2c3ccccc3c3cccc(-n4c5cccc([Si](c6ccccc6)(c6ccccc6)c6ccccc6)c5c5cccc(-n6c7ccccc7c7ccccc76)c54)c32)cc1. The first-order valence-corrected chi connectivity index (χ1v) is 24.1. The lowest BCUT2D eigenvalue weighted by Crippen LogP contribution is -2.74. The minimum Gasteiger partial charge on any atom is -0.307 e. The van der Waals surface area contributed by atoms with Gasteiger partial charge in [0.25, 0.3) is 0 Å². The zero-order chi connectivity index (χ0) is 42.2. The van der Waals surface area contributed by atoms with Gasteiger partial charge in [0.1, 0.15) is 0 Å². The van der Waals surface area contributed by atoms with Crippen molar-refractivity contribution in [3.63, 3.8) is 0 Å². The lowest BCUT2D eigenvalue weighted by molar-refractivity contribution is 1.11. The minimum absolute atomic E-state index is 1.13. The van der Waals surface area contributed by atoms with Crippen LogP contribution in [0.4, 0.5) is 0 Å². The Morgan fingerprint density at radius 1 is 0.250 bits per heavy atom. The molecule has 0 aliphatic heterocycles. The highest BCUT2D eigenvalue weighted by Gasteiger charge is 2.43. The number of para-hydroxylation sites is 6. The van der Waals surface area contributed by atoms with Crippen LogP contribution < -0.4 is 20.7 Å². The Labute approximate surface area is 372 Å². The van der Waals surface area contributed by atoms with E-state index in [1.54, 1.807) is 0 Å². The molecule has 0 fully saturated rings. The number of benzene rings is 10. The van der Waals surface area contributed by atoms with Crippen LogP contribution in [0.15, 0.2) is 249 Å². The molecule has 3 nitrogen and oxygen atoms in total. The van der Waals surface area contributed by atoms with Gasteiger partial charge in [-0.1, -0.05) is 200 Å². The second-order valence-electron chi connectivity index (χ2n) is 16.8. The molecule has 0 spiro atoms. The topological polar surface area (TPSA) is 14.8 Å². The molecular formula is C60H41N3Si. The molecule has 0 N–H and O–H groups in total. The van der Waals surface area contributed by atoms with Crippen molar-refractivity contribution in [1.29, 1.82) is 0 Å². The van der Waals surface area contributed by atoms with Gasteiger partial charge in [0.2, 0.25) is 0 Å². The van der Waals surface area contributed by atoms with E-state index in [0.29, 0.717) is 0 Å². The van der Waals surface area contributed by atoms with Gasteiger partial charge in [-0.15, -0.1) is 0 Å². The van der Waals surface area contributed by atoms with Gasteiger partial charge >= 0.3 is 0 Å². The summed E-state index contributed by atoms with van der Waals surface area (Å²) in [6, 6.07) is 92.4. The molecule has 0 radical (unpaired) electrons. The van der Waals surface area contributed by atoms with Gasteiger partial charge in [-0.05, 0) is 69.3 Å². The Morgan fingerprint density at radius 2 is 0.625 bits per heavy atom. The van der Waals surface area contributed by atoms with Gasteiger partial charge in [-0.2, -0.15) is 0 Å². The van der Waals surface area contributed by atoms with Crippen LogP contribution in [0.3, 0.4) is 0 Å². The Hall–Kier alpha value is -8.18. The maximum absolute atomic E-state index is 3.01. The smallest absolute Gasteiger partial charge is 0.180 e. The second kappa shape index (κ2) is 14.5. The quantitative estimate of drug-likeness (QED) is 0.112. The number of hydrogen-bond acceptors (Lipinski definition) is 0. The molecule has 0 bridgehead atoms. The lowest BCUT2D eigenvalue weighted by atomic mass is 10.1. The van der Waals surface area contributed by atoms with Crippen LogP contribution >= 0.6 is 0 Å². The van der Waals surface area contributed by atoms with Crippen LogP contribution in [0.25, 0.3) is 82.5 Å². The van der Waals surface area contributed by atoms with Gasteiger partial charge in [-0.25, -0.2) is 0 Å². The van der Waals surface area contributed by atoms with Crippen molar-refractivity contribution in [3.05, 3.63) is 249 Å². The minimum atomic E-state index is -3.01. The van der Waals surface area contributed by atoms with Crippen LogP contribution in [0.2, 0.25) is 0 Å². The Balaban J connectivity index is 1.27. The summed E-state index contributed by atoms with van der Waals surface area (Å²) in [5.41, 5.74) is 10.5. The number of rotatable bonds is 7. The van der Waals surface area contributed by atoms with Crippen molar-refractivity contribution in [2.45, 2.75) is 0 Å². The molecule has 64 heavy (non-hydrogen) atoms. The molecule has 0 saturated heterocycles. The zero-order valence-corrected chi connectivity index (χ0v) is 36.0. The number of hydrogen-bond donors (Lipinski definition) is 0. The van der Waals surface area contributed by atoms with Crippen LogP contribution in [0, 0.1) is 0 Å². The maximum atomic E-state index is 2.60. The van der Waals surface area contributed by atoms with Crippen LogP contribution in [0.1, 0.15) is 0 Å². The first kappa shape index (κ1) is 36.5. The molecule has 0 atom stereocenters. The fraction of sp³-hybridized carbons (Fsp3) is 0. The van der Waals surface area contributed by atoms with Gasteiger partial charge in [0.05, 0.1) is 44.5 Å². The average molecular weight is 832 g/mol. The van der Waals surface area contributed by atoms with E-state index in [0.717, 1.165) is 17.1 Å². The largest absolute Gasteiger partial charge is 0.307 e. The summed E-state index contributed by atoms with van der Waals surface area (Å²) >= 11 is 0. The van der Waals surface area contributed by atoms with Gasteiger partial charge in [0.15, 0.2) is 8.07 Å². The average Bonchev–Trinajstić information content (AvgIpc) is 4.02. The van der Waals surface area contributed by atoms with Gasteiger partial charge in [-0.3, -0.25) is 0 Å². The lowest BCUT2D eigenvalue weighted by Gasteiger charge is -2.35. The normalized spacial score (nSPS) is 12.1. The zero-order valence-electron chi connectivity index (χ0n) is 35.0. The maximum Gasteiger partial charge on any atom is 0.180 e. The number of nitrogens with zero attached hydrogens (tertiary/aromatic N) is 3.